The minimum atomic E-state index is -0.0561. The Bertz CT molecular complexity index is 979. The van der Waals surface area contributed by atoms with Crippen LogP contribution in [0.4, 0.5) is 0 Å². The number of ether oxygens (including phenoxy) is 1. The third-order valence-electron chi connectivity index (χ3n) is 13.2. The van der Waals surface area contributed by atoms with Crippen LogP contribution in [0.2, 0.25) is 0 Å². The Balaban J connectivity index is 0.959. The summed E-state index contributed by atoms with van der Waals surface area (Å²) >= 11 is 0. The summed E-state index contributed by atoms with van der Waals surface area (Å²) in [7, 11) is 0. The van der Waals surface area contributed by atoms with E-state index in [-0.39, 0.29) is 22.9 Å². The van der Waals surface area contributed by atoms with Crippen LogP contribution >= 0.6 is 0 Å². The summed E-state index contributed by atoms with van der Waals surface area (Å²) in [6.07, 6.45) is 41.6. The maximum absolute atomic E-state index is 12.7. The number of hydrogen-bond donors (Lipinski definition) is 0. The minimum Gasteiger partial charge on any atom is -0.462 e. The summed E-state index contributed by atoms with van der Waals surface area (Å²) in [6, 6.07) is 0. The molecule has 46 heavy (non-hydrogen) atoms. The summed E-state index contributed by atoms with van der Waals surface area (Å²) in [5.41, 5.74) is 1.74. The number of ketones is 1. The van der Waals surface area contributed by atoms with Gasteiger partial charge in [-0.2, -0.15) is 0 Å². The van der Waals surface area contributed by atoms with Crippen molar-refractivity contribution in [2.45, 2.75) is 207 Å². The Morgan fingerprint density at radius 3 is 1.91 bits per heavy atom. The van der Waals surface area contributed by atoms with Gasteiger partial charge in [0.2, 0.25) is 0 Å². The van der Waals surface area contributed by atoms with Gasteiger partial charge in [-0.3, -0.25) is 9.59 Å². The summed E-state index contributed by atoms with van der Waals surface area (Å²) in [5.74, 6) is 2.50. The highest BCUT2D eigenvalue weighted by molar-refractivity contribution is 5.87. The van der Waals surface area contributed by atoms with Crippen molar-refractivity contribution in [3.05, 3.63) is 23.8 Å². The summed E-state index contributed by atoms with van der Waals surface area (Å²) < 4.78 is 6.04. The second-order valence-electron chi connectivity index (χ2n) is 16.5. The Morgan fingerprint density at radius 1 is 0.739 bits per heavy atom. The number of carbonyl (C=O) groups is 2. The van der Waals surface area contributed by atoms with Crippen LogP contribution in [-0.4, -0.2) is 17.9 Å². The number of fused-ring (bicyclic) bond motifs is 5. The molecule has 3 nitrogen and oxygen atoms in total. The van der Waals surface area contributed by atoms with Crippen molar-refractivity contribution in [2.75, 3.05) is 0 Å². The van der Waals surface area contributed by atoms with Crippen LogP contribution in [0.3, 0.4) is 0 Å². The molecule has 3 unspecified atom stereocenters. The number of unbranched alkanes of at least 4 members (excludes halogenated alkanes) is 17. The smallest absolute Gasteiger partial charge is 0.306 e. The van der Waals surface area contributed by atoms with Crippen molar-refractivity contribution >= 4 is 11.8 Å². The van der Waals surface area contributed by atoms with Crippen LogP contribution in [0.25, 0.3) is 0 Å². The van der Waals surface area contributed by atoms with Crippen molar-refractivity contribution in [1.29, 1.82) is 0 Å². The molecular weight excluding hydrogens is 564 g/mol. The third-order valence-corrected chi connectivity index (χ3v) is 13.2. The third kappa shape index (κ3) is 10.6. The molecule has 0 aromatic carbocycles. The standard InChI is InChI=1S/C43H72O3/c1-4-5-6-7-8-9-10-11-12-13-14-15-16-17-18-19-20-21-22-23-24-25-41(45)46-36-30-32-42(2)35(34-36)26-27-37-38-28-29-40(44)43(38,3)33-31-39(37)42/h11-12,26,36-39H,4-10,13-25,27-34H2,1-3H3/b12-11-/t36-,37?,38?,39?,42-,43-/m0/s1. The molecule has 4 aliphatic rings. The summed E-state index contributed by atoms with van der Waals surface area (Å²) in [6.45, 7) is 7.04. The molecule has 3 heteroatoms. The summed E-state index contributed by atoms with van der Waals surface area (Å²) in [5, 5.41) is 0. The molecule has 0 saturated heterocycles. The second kappa shape index (κ2) is 19.6. The molecule has 6 atom stereocenters. The lowest BCUT2D eigenvalue weighted by molar-refractivity contribution is -0.151. The average Bonchev–Trinajstić information content (AvgIpc) is 3.35. The largest absolute Gasteiger partial charge is 0.462 e. The highest BCUT2D eigenvalue weighted by atomic mass is 16.5. The van der Waals surface area contributed by atoms with Gasteiger partial charge in [-0.15, -0.1) is 0 Å². The van der Waals surface area contributed by atoms with E-state index in [2.05, 4.69) is 39.0 Å². The molecule has 4 aliphatic carbocycles. The van der Waals surface area contributed by atoms with Gasteiger partial charge in [0.1, 0.15) is 11.9 Å². The van der Waals surface area contributed by atoms with E-state index in [1.54, 1.807) is 5.57 Å². The van der Waals surface area contributed by atoms with Crippen LogP contribution in [0.15, 0.2) is 23.8 Å². The SMILES string of the molecule is CCCCCCCC/C=C\CCCCCCCCCCCCCC(=O)O[C@H]1CC[C@@]2(C)C(=CCC3C2CC[C@]2(C)C(=O)CCC32)C1. The number of Topliss-reactive ketones (excluding diaryl/α,β-unsaturated/α-hetero) is 1. The quantitative estimate of drug-likeness (QED) is 0.0674. The fourth-order valence-electron chi connectivity index (χ4n) is 10.1. The van der Waals surface area contributed by atoms with E-state index in [9.17, 15) is 9.59 Å². The van der Waals surface area contributed by atoms with Crippen molar-refractivity contribution < 1.29 is 14.3 Å². The van der Waals surface area contributed by atoms with Crippen molar-refractivity contribution in [3.8, 4) is 0 Å². The number of carbonyl (C=O) groups excluding carboxylic acids is 2. The molecule has 0 aliphatic heterocycles. The van der Waals surface area contributed by atoms with Gasteiger partial charge >= 0.3 is 5.97 Å². The van der Waals surface area contributed by atoms with Crippen molar-refractivity contribution in [2.24, 2.45) is 28.6 Å². The van der Waals surface area contributed by atoms with Gasteiger partial charge in [-0.25, -0.2) is 0 Å². The topological polar surface area (TPSA) is 43.4 Å². The van der Waals surface area contributed by atoms with Gasteiger partial charge in [0, 0.05) is 24.7 Å². The molecule has 3 fully saturated rings. The fourth-order valence-corrected chi connectivity index (χ4v) is 10.1. The zero-order valence-corrected chi connectivity index (χ0v) is 30.6. The Morgan fingerprint density at radius 2 is 1.28 bits per heavy atom. The molecule has 0 spiro atoms. The van der Waals surface area contributed by atoms with Crippen LogP contribution in [0.1, 0.15) is 201 Å². The first kappa shape index (κ1) is 37.4. The Hall–Kier alpha value is -1.38. The van der Waals surface area contributed by atoms with E-state index in [0.29, 0.717) is 30.0 Å². The number of hydrogen-bond acceptors (Lipinski definition) is 3. The average molecular weight is 637 g/mol. The van der Waals surface area contributed by atoms with E-state index in [1.165, 1.54) is 116 Å². The highest BCUT2D eigenvalue weighted by Crippen LogP contribution is 2.64. The Kier molecular flexibility index (Phi) is 15.9. The van der Waals surface area contributed by atoms with Crippen LogP contribution in [0.5, 0.6) is 0 Å². The van der Waals surface area contributed by atoms with Gasteiger partial charge in [0.15, 0.2) is 0 Å². The van der Waals surface area contributed by atoms with Crippen molar-refractivity contribution in [3.63, 3.8) is 0 Å². The minimum absolute atomic E-state index is 0.0223. The highest BCUT2D eigenvalue weighted by Gasteiger charge is 2.58. The molecule has 0 aromatic heterocycles. The maximum atomic E-state index is 12.7. The molecule has 0 N–H and O–H groups in total. The van der Waals surface area contributed by atoms with E-state index in [0.717, 1.165) is 57.8 Å². The van der Waals surface area contributed by atoms with Crippen LogP contribution in [0, 0.1) is 28.6 Å². The monoisotopic (exact) mass is 637 g/mol. The fraction of sp³-hybridized carbons (Fsp3) is 0.860. The van der Waals surface area contributed by atoms with Crippen LogP contribution in [-0.2, 0) is 14.3 Å². The van der Waals surface area contributed by atoms with Gasteiger partial charge in [0.25, 0.3) is 0 Å². The lowest BCUT2D eigenvalue weighted by Gasteiger charge is -2.56. The van der Waals surface area contributed by atoms with Gasteiger partial charge in [0.05, 0.1) is 0 Å². The first-order valence-corrected chi connectivity index (χ1v) is 20.5. The number of esters is 1. The predicted octanol–water partition coefficient (Wildman–Crippen LogP) is 12.8. The molecular formula is C43H72O3. The second-order valence-corrected chi connectivity index (χ2v) is 16.5. The normalized spacial score (nSPS) is 30.6. The summed E-state index contributed by atoms with van der Waals surface area (Å²) in [4.78, 5) is 25.4. The van der Waals surface area contributed by atoms with E-state index >= 15 is 0 Å². The predicted molar refractivity (Wildman–Crippen MR) is 194 cm³/mol. The molecule has 0 radical (unpaired) electrons. The van der Waals surface area contributed by atoms with E-state index in [4.69, 9.17) is 4.74 Å². The van der Waals surface area contributed by atoms with Gasteiger partial charge < -0.3 is 4.74 Å². The Labute approximate surface area is 284 Å². The number of allylic oxidation sites excluding steroid dienone is 3. The van der Waals surface area contributed by atoms with Gasteiger partial charge in [-0.1, -0.05) is 134 Å². The zero-order valence-electron chi connectivity index (χ0n) is 30.6. The first-order valence-electron chi connectivity index (χ1n) is 20.5. The van der Waals surface area contributed by atoms with Crippen LogP contribution < -0.4 is 0 Å². The molecule has 0 bridgehead atoms. The lowest BCUT2D eigenvalue weighted by Crippen LogP contribution is -2.50. The molecule has 3 saturated carbocycles. The van der Waals surface area contributed by atoms with Crippen molar-refractivity contribution in [1.82, 2.24) is 0 Å². The maximum Gasteiger partial charge on any atom is 0.306 e. The van der Waals surface area contributed by atoms with E-state index in [1.807, 2.05) is 0 Å². The molecule has 4 rings (SSSR count). The zero-order chi connectivity index (χ0) is 32.7. The molecule has 0 aromatic rings. The lowest BCUT2D eigenvalue weighted by atomic mass is 9.48. The molecule has 0 amide bonds. The van der Waals surface area contributed by atoms with Gasteiger partial charge in [-0.05, 0) is 93.8 Å². The number of rotatable bonds is 22. The van der Waals surface area contributed by atoms with E-state index < -0.39 is 0 Å². The first-order chi connectivity index (χ1) is 22.4. The molecule has 262 valence electrons. The molecule has 0 heterocycles.